The Morgan fingerprint density at radius 3 is 1.53 bits per heavy atom. The van der Waals surface area contributed by atoms with Gasteiger partial charge in [-0.2, -0.15) is 0 Å². The monoisotopic (exact) mass is 398 g/mol. The first-order valence-corrected chi connectivity index (χ1v) is 9.80. The Labute approximate surface area is 172 Å². The van der Waals surface area contributed by atoms with Gasteiger partial charge in [0.05, 0.1) is 6.04 Å². The van der Waals surface area contributed by atoms with Crippen LogP contribution in [0.5, 0.6) is 0 Å². The van der Waals surface area contributed by atoms with E-state index in [1.807, 2.05) is 37.3 Å². The van der Waals surface area contributed by atoms with Crippen molar-refractivity contribution in [3.8, 4) is 0 Å². The van der Waals surface area contributed by atoms with Crippen molar-refractivity contribution in [3.63, 3.8) is 0 Å². The lowest BCUT2D eigenvalue weighted by Gasteiger charge is -2.35. The summed E-state index contributed by atoms with van der Waals surface area (Å²) in [5.41, 5.74) is 2.21. The molecule has 1 unspecified atom stereocenters. The molecule has 2 aliphatic rings. The molecule has 0 fully saturated rings. The maximum atomic E-state index is 13.5. The van der Waals surface area contributed by atoms with E-state index in [1.54, 1.807) is 24.3 Å². The number of nitrogens with zero attached hydrogens (tertiary/aromatic N) is 2. The number of rotatable bonds is 3. The van der Waals surface area contributed by atoms with E-state index in [2.05, 4.69) is 0 Å². The summed E-state index contributed by atoms with van der Waals surface area (Å²) < 4.78 is 0. The number of benzene rings is 3. The predicted octanol–water partition coefficient (Wildman–Crippen LogP) is 3.81. The third kappa shape index (κ3) is 2.24. The fourth-order valence-corrected chi connectivity index (χ4v) is 4.54. The summed E-state index contributed by atoms with van der Waals surface area (Å²) in [6.45, 7) is 1.93. The zero-order valence-electron chi connectivity index (χ0n) is 16.5. The van der Waals surface area contributed by atoms with Gasteiger partial charge in [0.1, 0.15) is 0 Å². The van der Waals surface area contributed by atoms with Gasteiger partial charge in [0, 0.05) is 40.1 Å². The normalized spacial score (nSPS) is 16.5. The molecule has 148 valence electrons. The highest BCUT2D eigenvalue weighted by molar-refractivity contribution is 6.33. The van der Waals surface area contributed by atoms with E-state index in [1.165, 1.54) is 11.9 Å². The molecule has 0 aromatic heterocycles. The Kier molecular flexibility index (Phi) is 3.86. The molecule has 0 bridgehead atoms. The van der Waals surface area contributed by atoms with Crippen molar-refractivity contribution in [2.75, 3.05) is 7.05 Å². The van der Waals surface area contributed by atoms with Crippen molar-refractivity contribution in [1.29, 1.82) is 0 Å². The standard InChI is InChI=1S/C24H18N2O4/c1-3-18(13-7-5-4-6-8-13)26-23(29)16-11-9-14-19-15(22(28)25(2)21(14)27)10-12-17(20(16)19)24(26)30/h4-12,18H,3H2,1-2H3. The Hall–Kier alpha value is -3.80. The van der Waals surface area contributed by atoms with Crippen LogP contribution in [0.15, 0.2) is 54.6 Å². The van der Waals surface area contributed by atoms with Crippen LogP contribution in [0.2, 0.25) is 0 Å². The SMILES string of the molecule is CCC(c1ccccc1)N1C(=O)c2ccc3c4c(ccc(c24)C1=O)C(=O)N(C)C3=O. The number of carbonyl (C=O) groups is 4. The van der Waals surface area contributed by atoms with Crippen LogP contribution in [0.4, 0.5) is 0 Å². The summed E-state index contributed by atoms with van der Waals surface area (Å²) in [6.07, 6.45) is 0.567. The molecule has 0 spiro atoms. The highest BCUT2D eigenvalue weighted by atomic mass is 16.2. The summed E-state index contributed by atoms with van der Waals surface area (Å²) in [7, 11) is 1.43. The topological polar surface area (TPSA) is 74.8 Å². The highest BCUT2D eigenvalue weighted by Gasteiger charge is 2.41. The molecule has 1 atom stereocenters. The maximum absolute atomic E-state index is 13.5. The van der Waals surface area contributed by atoms with Gasteiger partial charge in [-0.15, -0.1) is 0 Å². The highest BCUT2D eigenvalue weighted by Crippen LogP contribution is 2.40. The molecule has 6 heteroatoms. The lowest BCUT2D eigenvalue weighted by molar-refractivity contribution is 0.0528. The molecule has 0 saturated carbocycles. The molecule has 2 heterocycles. The van der Waals surface area contributed by atoms with Crippen molar-refractivity contribution in [3.05, 3.63) is 82.4 Å². The van der Waals surface area contributed by atoms with Gasteiger partial charge in [-0.1, -0.05) is 37.3 Å². The van der Waals surface area contributed by atoms with Crippen LogP contribution in [0.3, 0.4) is 0 Å². The molecule has 0 N–H and O–H groups in total. The third-order valence-corrected chi connectivity index (χ3v) is 6.01. The number of hydrogen-bond donors (Lipinski definition) is 0. The minimum atomic E-state index is -0.436. The fourth-order valence-electron chi connectivity index (χ4n) is 4.54. The quantitative estimate of drug-likeness (QED) is 0.629. The molecule has 2 aliphatic heterocycles. The van der Waals surface area contributed by atoms with E-state index >= 15 is 0 Å². The molecule has 0 saturated heterocycles. The minimum absolute atomic E-state index is 0.330. The van der Waals surface area contributed by atoms with Gasteiger partial charge >= 0.3 is 0 Å². The zero-order valence-corrected chi connectivity index (χ0v) is 16.5. The van der Waals surface area contributed by atoms with E-state index in [4.69, 9.17) is 0 Å². The second-order valence-electron chi connectivity index (χ2n) is 7.56. The predicted molar refractivity (Wildman–Crippen MR) is 110 cm³/mol. The smallest absolute Gasteiger partial charge is 0.261 e. The van der Waals surface area contributed by atoms with Crippen LogP contribution in [0.1, 0.15) is 66.4 Å². The van der Waals surface area contributed by atoms with Crippen molar-refractivity contribution in [2.45, 2.75) is 19.4 Å². The number of amides is 4. The van der Waals surface area contributed by atoms with Crippen LogP contribution in [-0.4, -0.2) is 40.5 Å². The van der Waals surface area contributed by atoms with Crippen LogP contribution < -0.4 is 0 Å². The van der Waals surface area contributed by atoms with Crippen LogP contribution in [0.25, 0.3) is 10.8 Å². The van der Waals surface area contributed by atoms with E-state index in [0.29, 0.717) is 39.4 Å². The first-order valence-electron chi connectivity index (χ1n) is 9.80. The van der Waals surface area contributed by atoms with Crippen molar-refractivity contribution in [1.82, 2.24) is 9.80 Å². The Bertz CT molecular complexity index is 1210. The van der Waals surface area contributed by atoms with E-state index in [-0.39, 0.29) is 0 Å². The summed E-state index contributed by atoms with van der Waals surface area (Å²) in [4.78, 5) is 54.6. The molecule has 0 radical (unpaired) electrons. The average Bonchev–Trinajstić information content (AvgIpc) is 2.77. The van der Waals surface area contributed by atoms with Crippen molar-refractivity contribution in [2.24, 2.45) is 0 Å². The van der Waals surface area contributed by atoms with Crippen LogP contribution >= 0.6 is 0 Å². The second-order valence-corrected chi connectivity index (χ2v) is 7.56. The summed E-state index contributed by atoms with van der Waals surface area (Å²) in [6, 6.07) is 15.4. The summed E-state index contributed by atoms with van der Waals surface area (Å²) in [5.74, 6) is -1.69. The summed E-state index contributed by atoms with van der Waals surface area (Å²) in [5, 5.41) is 0.793. The lowest BCUT2D eigenvalue weighted by atomic mass is 9.85. The van der Waals surface area contributed by atoms with E-state index < -0.39 is 29.7 Å². The van der Waals surface area contributed by atoms with Crippen molar-refractivity contribution >= 4 is 34.4 Å². The van der Waals surface area contributed by atoms with E-state index in [0.717, 1.165) is 10.5 Å². The largest absolute Gasteiger partial charge is 0.277 e. The molecule has 3 aromatic carbocycles. The Morgan fingerprint density at radius 1 is 0.667 bits per heavy atom. The van der Waals surface area contributed by atoms with Crippen LogP contribution in [0, 0.1) is 0 Å². The van der Waals surface area contributed by atoms with Gasteiger partial charge in [0.15, 0.2) is 0 Å². The first kappa shape index (κ1) is 18.2. The second kappa shape index (κ2) is 6.35. The lowest BCUT2D eigenvalue weighted by Crippen LogP contribution is -2.44. The molecule has 3 aromatic rings. The average molecular weight is 398 g/mol. The van der Waals surface area contributed by atoms with E-state index in [9.17, 15) is 19.2 Å². The molecule has 5 rings (SSSR count). The molecule has 6 nitrogen and oxygen atoms in total. The Balaban J connectivity index is 1.76. The molecular weight excluding hydrogens is 380 g/mol. The number of hydrogen-bond acceptors (Lipinski definition) is 4. The van der Waals surface area contributed by atoms with Gasteiger partial charge in [0.2, 0.25) is 0 Å². The van der Waals surface area contributed by atoms with Gasteiger partial charge in [-0.25, -0.2) is 0 Å². The van der Waals surface area contributed by atoms with Gasteiger partial charge in [-0.05, 0) is 36.2 Å². The molecular formula is C24H18N2O4. The summed E-state index contributed by atoms with van der Waals surface area (Å²) >= 11 is 0. The molecule has 4 amide bonds. The van der Waals surface area contributed by atoms with Gasteiger partial charge < -0.3 is 0 Å². The number of imide groups is 2. The Morgan fingerprint density at radius 2 is 1.10 bits per heavy atom. The fraction of sp³-hybridized carbons (Fsp3) is 0.167. The van der Waals surface area contributed by atoms with Gasteiger partial charge in [0.25, 0.3) is 23.6 Å². The molecule has 0 aliphatic carbocycles. The maximum Gasteiger partial charge on any atom is 0.261 e. The zero-order chi connectivity index (χ0) is 21.2. The minimum Gasteiger partial charge on any atom is -0.277 e. The molecule has 30 heavy (non-hydrogen) atoms. The third-order valence-electron chi connectivity index (χ3n) is 6.01. The first-order chi connectivity index (χ1) is 14.5. The van der Waals surface area contributed by atoms with Gasteiger partial charge in [-0.3, -0.25) is 29.0 Å². The number of carbonyl (C=O) groups excluding carboxylic acids is 4. The van der Waals surface area contributed by atoms with Crippen molar-refractivity contribution < 1.29 is 19.2 Å². The van der Waals surface area contributed by atoms with Crippen LogP contribution in [-0.2, 0) is 0 Å².